The predicted molar refractivity (Wildman–Crippen MR) is 82.6 cm³/mol. The van der Waals surface area contributed by atoms with Crippen LogP contribution >= 0.6 is 0 Å². The summed E-state index contributed by atoms with van der Waals surface area (Å²) in [6.07, 6.45) is 10.4. The first-order valence-corrected chi connectivity index (χ1v) is 8.44. The molecule has 0 aromatic rings. The lowest BCUT2D eigenvalue weighted by Crippen LogP contribution is -2.53. The average Bonchev–Trinajstić information content (AvgIpc) is 2.92. The zero-order chi connectivity index (χ0) is 15.1. The van der Waals surface area contributed by atoms with E-state index >= 15 is 0 Å². The number of amides is 2. The van der Waals surface area contributed by atoms with Gasteiger partial charge in [-0.3, -0.25) is 9.59 Å². The summed E-state index contributed by atoms with van der Waals surface area (Å²) < 4.78 is 0. The summed E-state index contributed by atoms with van der Waals surface area (Å²) in [7, 11) is 0. The molecule has 0 unspecified atom stereocenters. The van der Waals surface area contributed by atoms with Crippen molar-refractivity contribution in [2.45, 2.75) is 69.7 Å². The Hall–Kier alpha value is -1.10. The SMILES string of the molecule is NC1(C(=O)NCCNC(=O)CC2CCCCC2)CCCC1. The summed E-state index contributed by atoms with van der Waals surface area (Å²) in [5.74, 6) is 0.597. The Balaban J connectivity index is 1.56. The smallest absolute Gasteiger partial charge is 0.240 e. The third-order valence-corrected chi connectivity index (χ3v) is 4.88. The number of nitrogens with one attached hydrogen (secondary N) is 2. The molecule has 0 saturated heterocycles. The van der Waals surface area contributed by atoms with E-state index in [9.17, 15) is 9.59 Å². The van der Waals surface area contributed by atoms with E-state index in [1.54, 1.807) is 0 Å². The zero-order valence-corrected chi connectivity index (χ0v) is 13.0. The number of rotatable bonds is 6. The van der Waals surface area contributed by atoms with Crippen LogP contribution in [0.25, 0.3) is 0 Å². The van der Waals surface area contributed by atoms with Crippen LogP contribution in [0.3, 0.4) is 0 Å². The molecule has 0 bridgehead atoms. The Morgan fingerprint density at radius 2 is 1.57 bits per heavy atom. The molecule has 0 heterocycles. The molecule has 2 saturated carbocycles. The molecule has 2 fully saturated rings. The summed E-state index contributed by atoms with van der Waals surface area (Å²) in [5, 5.41) is 5.74. The normalized spacial score (nSPS) is 22.0. The maximum Gasteiger partial charge on any atom is 0.240 e. The van der Waals surface area contributed by atoms with Gasteiger partial charge in [0.05, 0.1) is 5.54 Å². The molecule has 2 aliphatic carbocycles. The van der Waals surface area contributed by atoms with Gasteiger partial charge in [-0.2, -0.15) is 0 Å². The largest absolute Gasteiger partial charge is 0.354 e. The molecule has 2 rings (SSSR count). The van der Waals surface area contributed by atoms with E-state index < -0.39 is 5.54 Å². The summed E-state index contributed by atoms with van der Waals surface area (Å²) in [5.41, 5.74) is 5.39. The molecule has 0 aliphatic heterocycles. The molecular weight excluding hydrogens is 266 g/mol. The third kappa shape index (κ3) is 4.99. The lowest BCUT2D eigenvalue weighted by molar-refractivity contribution is -0.126. The van der Waals surface area contributed by atoms with E-state index in [2.05, 4.69) is 10.6 Å². The Labute approximate surface area is 127 Å². The Kier molecular flexibility index (Phi) is 6.03. The third-order valence-electron chi connectivity index (χ3n) is 4.88. The van der Waals surface area contributed by atoms with Crippen LogP contribution in [-0.4, -0.2) is 30.4 Å². The molecule has 4 N–H and O–H groups in total. The highest BCUT2D eigenvalue weighted by molar-refractivity contribution is 5.86. The quantitative estimate of drug-likeness (QED) is 0.649. The van der Waals surface area contributed by atoms with Gasteiger partial charge in [-0.15, -0.1) is 0 Å². The summed E-state index contributed by atoms with van der Waals surface area (Å²) in [6.45, 7) is 0.960. The highest BCUT2D eigenvalue weighted by Gasteiger charge is 2.36. The van der Waals surface area contributed by atoms with Gasteiger partial charge in [0, 0.05) is 19.5 Å². The van der Waals surface area contributed by atoms with Crippen molar-refractivity contribution in [1.82, 2.24) is 10.6 Å². The molecule has 2 aliphatic rings. The fraction of sp³-hybridized carbons (Fsp3) is 0.875. The van der Waals surface area contributed by atoms with Gasteiger partial charge in [0.25, 0.3) is 0 Å². The van der Waals surface area contributed by atoms with Crippen molar-refractivity contribution in [3.8, 4) is 0 Å². The number of carbonyl (C=O) groups excluding carboxylic acids is 2. The first-order valence-electron chi connectivity index (χ1n) is 8.44. The second kappa shape index (κ2) is 7.78. The van der Waals surface area contributed by atoms with Crippen LogP contribution in [0.4, 0.5) is 0 Å². The van der Waals surface area contributed by atoms with Crippen molar-refractivity contribution in [1.29, 1.82) is 0 Å². The van der Waals surface area contributed by atoms with Crippen LogP contribution in [-0.2, 0) is 9.59 Å². The number of hydrogen-bond donors (Lipinski definition) is 3. The molecule has 0 spiro atoms. The van der Waals surface area contributed by atoms with E-state index in [1.165, 1.54) is 32.1 Å². The van der Waals surface area contributed by atoms with Gasteiger partial charge in [0.1, 0.15) is 0 Å². The van der Waals surface area contributed by atoms with Gasteiger partial charge in [-0.05, 0) is 31.6 Å². The first-order chi connectivity index (χ1) is 10.1. The van der Waals surface area contributed by atoms with Crippen molar-refractivity contribution < 1.29 is 9.59 Å². The lowest BCUT2D eigenvalue weighted by atomic mass is 9.87. The molecule has 0 radical (unpaired) electrons. The molecule has 5 heteroatoms. The van der Waals surface area contributed by atoms with Crippen LogP contribution in [0.2, 0.25) is 0 Å². The number of nitrogens with two attached hydrogens (primary N) is 1. The molecule has 0 atom stereocenters. The highest BCUT2D eigenvalue weighted by atomic mass is 16.2. The van der Waals surface area contributed by atoms with Crippen molar-refractivity contribution in [2.24, 2.45) is 11.7 Å². The zero-order valence-electron chi connectivity index (χ0n) is 13.0. The minimum atomic E-state index is -0.674. The maximum absolute atomic E-state index is 12.0. The fourth-order valence-corrected chi connectivity index (χ4v) is 3.51. The molecule has 2 amide bonds. The van der Waals surface area contributed by atoms with Crippen molar-refractivity contribution in [3.05, 3.63) is 0 Å². The Morgan fingerprint density at radius 1 is 0.952 bits per heavy atom. The van der Waals surface area contributed by atoms with Gasteiger partial charge in [0.15, 0.2) is 0 Å². The molecule has 120 valence electrons. The summed E-state index contributed by atoms with van der Waals surface area (Å²) in [6, 6.07) is 0. The topological polar surface area (TPSA) is 84.2 Å². The molecule has 21 heavy (non-hydrogen) atoms. The van der Waals surface area contributed by atoms with Crippen LogP contribution < -0.4 is 16.4 Å². The van der Waals surface area contributed by atoms with E-state index in [0.717, 1.165) is 25.7 Å². The number of hydrogen-bond acceptors (Lipinski definition) is 3. The maximum atomic E-state index is 12.0. The minimum Gasteiger partial charge on any atom is -0.354 e. The summed E-state index contributed by atoms with van der Waals surface area (Å²) in [4.78, 5) is 23.8. The first kappa shape index (κ1) is 16.3. The molecular formula is C16H29N3O2. The van der Waals surface area contributed by atoms with E-state index in [4.69, 9.17) is 5.73 Å². The van der Waals surface area contributed by atoms with E-state index in [0.29, 0.717) is 25.4 Å². The Morgan fingerprint density at radius 3 is 2.24 bits per heavy atom. The van der Waals surface area contributed by atoms with Crippen LogP contribution in [0.1, 0.15) is 64.2 Å². The van der Waals surface area contributed by atoms with Crippen molar-refractivity contribution in [3.63, 3.8) is 0 Å². The highest BCUT2D eigenvalue weighted by Crippen LogP contribution is 2.27. The van der Waals surface area contributed by atoms with Gasteiger partial charge < -0.3 is 16.4 Å². The lowest BCUT2D eigenvalue weighted by Gasteiger charge is -2.22. The predicted octanol–water partition coefficient (Wildman–Crippen LogP) is 1.46. The second-order valence-electron chi connectivity index (χ2n) is 6.68. The van der Waals surface area contributed by atoms with Gasteiger partial charge >= 0.3 is 0 Å². The monoisotopic (exact) mass is 295 g/mol. The standard InChI is InChI=1S/C16H29N3O2/c17-16(8-4-5-9-16)15(21)19-11-10-18-14(20)12-13-6-2-1-3-7-13/h13H,1-12,17H2,(H,18,20)(H,19,21). The van der Waals surface area contributed by atoms with Crippen LogP contribution in [0, 0.1) is 5.92 Å². The second-order valence-corrected chi connectivity index (χ2v) is 6.68. The average molecular weight is 295 g/mol. The molecule has 5 nitrogen and oxygen atoms in total. The summed E-state index contributed by atoms with van der Waals surface area (Å²) >= 11 is 0. The minimum absolute atomic E-state index is 0.0680. The van der Waals surface area contributed by atoms with Crippen molar-refractivity contribution >= 4 is 11.8 Å². The molecule has 0 aromatic heterocycles. The van der Waals surface area contributed by atoms with E-state index in [-0.39, 0.29) is 11.8 Å². The van der Waals surface area contributed by atoms with Crippen LogP contribution in [0.5, 0.6) is 0 Å². The number of carbonyl (C=O) groups is 2. The van der Waals surface area contributed by atoms with Gasteiger partial charge in [-0.1, -0.05) is 32.1 Å². The Bertz CT molecular complexity index is 359. The van der Waals surface area contributed by atoms with E-state index in [1.807, 2.05) is 0 Å². The fourth-order valence-electron chi connectivity index (χ4n) is 3.51. The molecule has 0 aromatic carbocycles. The van der Waals surface area contributed by atoms with Gasteiger partial charge in [0.2, 0.25) is 11.8 Å². The van der Waals surface area contributed by atoms with Gasteiger partial charge in [-0.25, -0.2) is 0 Å². The van der Waals surface area contributed by atoms with Crippen molar-refractivity contribution in [2.75, 3.05) is 13.1 Å². The van der Waals surface area contributed by atoms with Crippen LogP contribution in [0.15, 0.2) is 0 Å².